The van der Waals surface area contributed by atoms with Crippen molar-refractivity contribution in [2.75, 3.05) is 14.1 Å². The first kappa shape index (κ1) is 18.0. The van der Waals surface area contributed by atoms with Crippen LogP contribution >= 0.6 is 11.6 Å². The van der Waals surface area contributed by atoms with E-state index in [0.717, 1.165) is 16.5 Å². The van der Waals surface area contributed by atoms with E-state index in [0.29, 0.717) is 22.7 Å². The molecule has 0 saturated carbocycles. The standard InChI is InChI=1S/C20H19ClN2O3/c1-12-15-5-4-6-16(21)18(15)26-17(12)19(24)22-11-13-7-9-14(10-8-13)20(25)23(2)3/h4-10H,11H2,1-3H3,(H,22,24). The van der Waals surface area contributed by atoms with Crippen molar-refractivity contribution in [2.24, 2.45) is 0 Å². The van der Waals surface area contributed by atoms with Gasteiger partial charge in [0.15, 0.2) is 11.3 Å². The Bertz CT molecular complexity index is 975. The van der Waals surface area contributed by atoms with Crippen molar-refractivity contribution >= 4 is 34.4 Å². The van der Waals surface area contributed by atoms with E-state index in [9.17, 15) is 9.59 Å². The SMILES string of the molecule is Cc1c(C(=O)NCc2ccc(C(=O)N(C)C)cc2)oc2c(Cl)cccc12. The van der Waals surface area contributed by atoms with Gasteiger partial charge in [-0.15, -0.1) is 0 Å². The lowest BCUT2D eigenvalue weighted by molar-refractivity contribution is 0.0827. The van der Waals surface area contributed by atoms with Crippen LogP contribution in [0.3, 0.4) is 0 Å². The largest absolute Gasteiger partial charge is 0.449 e. The minimum absolute atomic E-state index is 0.0598. The third-order valence-electron chi connectivity index (χ3n) is 4.18. The molecule has 0 unspecified atom stereocenters. The molecule has 1 heterocycles. The van der Waals surface area contributed by atoms with E-state index < -0.39 is 0 Å². The number of benzene rings is 2. The lowest BCUT2D eigenvalue weighted by Crippen LogP contribution is -2.23. The highest BCUT2D eigenvalue weighted by Crippen LogP contribution is 2.30. The molecule has 2 aromatic carbocycles. The molecule has 0 atom stereocenters. The summed E-state index contributed by atoms with van der Waals surface area (Å²) in [5, 5.41) is 4.14. The van der Waals surface area contributed by atoms with Gasteiger partial charge in [0.25, 0.3) is 11.8 Å². The minimum Gasteiger partial charge on any atom is -0.449 e. The monoisotopic (exact) mass is 370 g/mol. The quantitative estimate of drug-likeness (QED) is 0.754. The van der Waals surface area contributed by atoms with Gasteiger partial charge in [-0.05, 0) is 30.7 Å². The molecular formula is C20H19ClN2O3. The van der Waals surface area contributed by atoms with Crippen molar-refractivity contribution in [2.45, 2.75) is 13.5 Å². The lowest BCUT2D eigenvalue weighted by atomic mass is 10.1. The molecule has 3 rings (SSSR count). The number of para-hydroxylation sites is 1. The van der Waals surface area contributed by atoms with Gasteiger partial charge in [-0.3, -0.25) is 9.59 Å². The smallest absolute Gasteiger partial charge is 0.287 e. The normalized spacial score (nSPS) is 10.8. The van der Waals surface area contributed by atoms with Crippen LogP contribution in [0.2, 0.25) is 5.02 Å². The number of carbonyl (C=O) groups excluding carboxylic acids is 2. The van der Waals surface area contributed by atoms with Crippen LogP contribution < -0.4 is 5.32 Å². The Morgan fingerprint density at radius 2 is 1.81 bits per heavy atom. The predicted molar refractivity (Wildman–Crippen MR) is 102 cm³/mol. The molecule has 3 aromatic rings. The topological polar surface area (TPSA) is 62.6 Å². The maximum Gasteiger partial charge on any atom is 0.287 e. The molecule has 0 aliphatic rings. The summed E-state index contributed by atoms with van der Waals surface area (Å²) in [4.78, 5) is 25.9. The van der Waals surface area contributed by atoms with E-state index in [1.165, 1.54) is 4.90 Å². The van der Waals surface area contributed by atoms with E-state index >= 15 is 0 Å². The van der Waals surface area contributed by atoms with Crippen LogP contribution in [-0.4, -0.2) is 30.8 Å². The number of rotatable bonds is 4. The molecule has 2 amide bonds. The number of amides is 2. The first-order valence-electron chi connectivity index (χ1n) is 8.15. The lowest BCUT2D eigenvalue weighted by Gasteiger charge is -2.10. The van der Waals surface area contributed by atoms with Crippen LogP contribution in [0.25, 0.3) is 11.0 Å². The molecule has 1 N–H and O–H groups in total. The third kappa shape index (κ3) is 3.44. The van der Waals surface area contributed by atoms with Gasteiger partial charge in [-0.25, -0.2) is 0 Å². The van der Waals surface area contributed by atoms with Crippen LogP contribution in [-0.2, 0) is 6.54 Å². The van der Waals surface area contributed by atoms with Gasteiger partial charge in [-0.2, -0.15) is 0 Å². The van der Waals surface area contributed by atoms with E-state index in [4.69, 9.17) is 16.0 Å². The second kappa shape index (κ2) is 7.22. The van der Waals surface area contributed by atoms with Gasteiger partial charge in [0.05, 0.1) is 5.02 Å². The van der Waals surface area contributed by atoms with Crippen molar-refractivity contribution in [3.63, 3.8) is 0 Å². The molecule has 0 radical (unpaired) electrons. The molecule has 0 saturated heterocycles. The number of halogens is 1. The Balaban J connectivity index is 1.72. The second-order valence-electron chi connectivity index (χ2n) is 6.25. The fourth-order valence-corrected chi connectivity index (χ4v) is 2.92. The summed E-state index contributed by atoms with van der Waals surface area (Å²) in [6, 6.07) is 12.6. The van der Waals surface area contributed by atoms with Gasteiger partial charge in [0.1, 0.15) is 0 Å². The molecule has 1 aromatic heterocycles. The van der Waals surface area contributed by atoms with E-state index in [-0.39, 0.29) is 17.6 Å². The Labute approximate surface area is 156 Å². The molecule has 0 spiro atoms. The van der Waals surface area contributed by atoms with Gasteiger partial charge in [0, 0.05) is 37.2 Å². The fourth-order valence-electron chi connectivity index (χ4n) is 2.71. The number of nitrogens with one attached hydrogen (secondary N) is 1. The first-order chi connectivity index (χ1) is 12.4. The van der Waals surface area contributed by atoms with Crippen molar-refractivity contribution in [1.82, 2.24) is 10.2 Å². The number of fused-ring (bicyclic) bond motifs is 1. The van der Waals surface area contributed by atoms with Crippen molar-refractivity contribution in [3.05, 3.63) is 69.9 Å². The second-order valence-corrected chi connectivity index (χ2v) is 6.66. The van der Waals surface area contributed by atoms with Crippen LogP contribution in [0.15, 0.2) is 46.9 Å². The maximum atomic E-state index is 12.5. The van der Waals surface area contributed by atoms with E-state index in [1.807, 2.05) is 31.2 Å². The first-order valence-corrected chi connectivity index (χ1v) is 8.52. The summed E-state index contributed by atoms with van der Waals surface area (Å²) < 4.78 is 5.66. The number of nitrogens with zero attached hydrogens (tertiary/aromatic N) is 1. The highest BCUT2D eigenvalue weighted by molar-refractivity contribution is 6.35. The number of hydrogen-bond acceptors (Lipinski definition) is 3. The third-order valence-corrected chi connectivity index (χ3v) is 4.48. The number of aryl methyl sites for hydroxylation is 1. The van der Waals surface area contributed by atoms with Crippen molar-refractivity contribution < 1.29 is 14.0 Å². The van der Waals surface area contributed by atoms with Gasteiger partial charge < -0.3 is 14.6 Å². The molecule has 5 nitrogen and oxygen atoms in total. The molecular weight excluding hydrogens is 352 g/mol. The summed E-state index contributed by atoms with van der Waals surface area (Å²) in [6.07, 6.45) is 0. The molecule has 0 bridgehead atoms. The molecule has 0 aliphatic carbocycles. The zero-order valence-corrected chi connectivity index (χ0v) is 15.6. The average Bonchev–Trinajstić information content (AvgIpc) is 2.98. The predicted octanol–water partition coefficient (Wildman–Crippen LogP) is 4.03. The van der Waals surface area contributed by atoms with Gasteiger partial charge in [-0.1, -0.05) is 35.9 Å². The van der Waals surface area contributed by atoms with E-state index in [2.05, 4.69) is 5.32 Å². The highest BCUT2D eigenvalue weighted by Gasteiger charge is 2.18. The zero-order chi connectivity index (χ0) is 18.8. The Hall–Kier alpha value is -2.79. The summed E-state index contributed by atoms with van der Waals surface area (Å²) in [6.45, 7) is 2.16. The molecule has 6 heteroatoms. The van der Waals surface area contributed by atoms with Gasteiger partial charge >= 0.3 is 0 Å². The average molecular weight is 371 g/mol. The molecule has 0 aliphatic heterocycles. The van der Waals surface area contributed by atoms with E-state index in [1.54, 1.807) is 32.3 Å². The van der Waals surface area contributed by atoms with Gasteiger partial charge in [0.2, 0.25) is 0 Å². The maximum absolute atomic E-state index is 12.5. The summed E-state index contributed by atoms with van der Waals surface area (Å²) >= 11 is 6.13. The van der Waals surface area contributed by atoms with Crippen molar-refractivity contribution in [1.29, 1.82) is 0 Å². The Morgan fingerprint density at radius 1 is 1.12 bits per heavy atom. The molecule has 0 fully saturated rings. The minimum atomic E-state index is -0.303. The number of hydrogen-bond donors (Lipinski definition) is 1. The summed E-state index contributed by atoms with van der Waals surface area (Å²) in [5.41, 5.74) is 2.77. The fraction of sp³-hybridized carbons (Fsp3) is 0.200. The van der Waals surface area contributed by atoms with Crippen LogP contribution in [0.4, 0.5) is 0 Å². The zero-order valence-electron chi connectivity index (χ0n) is 14.8. The molecule has 26 heavy (non-hydrogen) atoms. The summed E-state index contributed by atoms with van der Waals surface area (Å²) in [7, 11) is 3.41. The highest BCUT2D eigenvalue weighted by atomic mass is 35.5. The molecule has 134 valence electrons. The Morgan fingerprint density at radius 3 is 2.42 bits per heavy atom. The van der Waals surface area contributed by atoms with Crippen LogP contribution in [0.1, 0.15) is 32.0 Å². The van der Waals surface area contributed by atoms with Crippen LogP contribution in [0, 0.1) is 6.92 Å². The number of furan rings is 1. The van der Waals surface area contributed by atoms with Crippen LogP contribution in [0.5, 0.6) is 0 Å². The van der Waals surface area contributed by atoms with Crippen molar-refractivity contribution in [3.8, 4) is 0 Å². The summed E-state index contributed by atoms with van der Waals surface area (Å²) in [5.74, 6) is -0.105. The Kier molecular flexibility index (Phi) is 5.00. The number of carbonyl (C=O) groups is 2.